The number of carbonyl (C=O) groups excluding carboxylic acids is 1. The van der Waals surface area contributed by atoms with E-state index in [4.69, 9.17) is 70.8 Å². The Labute approximate surface area is 421 Å². The van der Waals surface area contributed by atoms with E-state index in [0.717, 1.165) is 24.3 Å². The highest BCUT2D eigenvalue weighted by atomic mass is 79.9. The number of esters is 1. The molecule has 1 aliphatic heterocycles. The van der Waals surface area contributed by atoms with Gasteiger partial charge in [-0.1, -0.05) is 145 Å². The van der Waals surface area contributed by atoms with Crippen molar-refractivity contribution < 1.29 is 81.1 Å². The van der Waals surface area contributed by atoms with Gasteiger partial charge in [-0.3, -0.25) is 0 Å². The summed E-state index contributed by atoms with van der Waals surface area (Å²) in [5, 5.41) is 0. The highest BCUT2D eigenvalue weighted by Crippen LogP contribution is 2.55. The highest BCUT2D eigenvalue weighted by molar-refractivity contribution is 9.10. The van der Waals surface area contributed by atoms with Gasteiger partial charge < -0.3 is 37.9 Å². The average Bonchev–Trinajstić information content (AvgIpc) is 0.739. The zero-order valence-electron chi connectivity index (χ0n) is 61.1. The molecule has 64 heavy (non-hydrogen) atoms. The first kappa shape index (κ1) is 21.4. The van der Waals surface area contributed by atoms with Crippen molar-refractivity contribution in [3.63, 3.8) is 0 Å². The molecule has 0 aliphatic carbocycles. The lowest BCUT2D eigenvalue weighted by Crippen LogP contribution is -2.40. The molecule has 0 unspecified atom stereocenters. The largest absolute Gasteiger partial charge is 0.488 e. The molecule has 8 rings (SSSR count). The lowest BCUT2D eigenvalue weighted by Gasteiger charge is -2.40. The van der Waals surface area contributed by atoms with Gasteiger partial charge >= 0.3 is 5.97 Å². The molecule has 0 N–H and O–H groups in total. The number of fused-ring (bicyclic) bond motifs is 1. The van der Waals surface area contributed by atoms with Crippen LogP contribution in [0.5, 0.6) is 28.7 Å². The SMILES string of the molecule is [2H]c1c([2H])c([2H])c(C([2H])([2H])Oc2ccc([C@H]3Oc4c(Br)c(OC([2H])([2H])c5c([2H])c([2H])c([2H])c([2H])c5[2H])cc(OC([2H])([2H])c5c([2H])c([2H])c([2H])c([2H])c5[2H])c4[C@H](OCCOCC)[C@@H]3OC(=O)c3ccccc3)cc2OC([2H])([2H])c2c([2H])c([2H])c([2H])c([2H])c2[2H])c([2H])c1[2H]. The van der Waals surface area contributed by atoms with Crippen LogP contribution in [0.15, 0.2) is 180 Å². The first-order valence-corrected chi connectivity index (χ1v) is 19.7. The third kappa shape index (κ3) is 11.3. The molecule has 0 aromatic heterocycles. The van der Waals surface area contributed by atoms with Gasteiger partial charge in [0.15, 0.2) is 23.7 Å². The highest BCUT2D eigenvalue weighted by Gasteiger charge is 2.47. The molecule has 1 aliphatic rings. The fourth-order valence-electron chi connectivity index (χ4n) is 5.86. The van der Waals surface area contributed by atoms with Gasteiger partial charge in [-0.2, -0.15) is 0 Å². The van der Waals surface area contributed by atoms with E-state index in [1.165, 1.54) is 24.3 Å². The Morgan fingerprint density at radius 2 is 1.14 bits per heavy atom. The van der Waals surface area contributed by atoms with E-state index in [1.54, 1.807) is 13.0 Å². The number of hydrogen-bond donors (Lipinski definition) is 0. The first-order chi connectivity index (χ1) is 42.8. The van der Waals surface area contributed by atoms with Gasteiger partial charge in [-0.25, -0.2) is 4.79 Å². The second-order valence-electron chi connectivity index (χ2n) is 12.7. The standard InChI is InChI=1S/C54H49BrO9/c1-2-57-30-31-58-52-48-46(61-36-40-22-12-5-13-23-40)33-47(62-37-41-24-14-6-15-25-41)49(55)51(48)63-50(53(52)64-54(56)42-26-16-7-17-27-42)43-28-29-44(59-34-38-18-8-3-9-19-38)45(32-43)60-35-39-20-10-4-11-21-39/h3-29,32-33,50,52-53H,2,30-31,34-37H2,1H3/t50-,52+,53-/m1/s1/i3D,4D,5D,6D,8D,9D,10D,11D,12D,13D,14D,15D,18D,19D,20D,21D,22D,23D,24D,25D,34D2,35D2,36D2,37D2. The summed E-state index contributed by atoms with van der Waals surface area (Å²) in [7, 11) is 0. The number of benzene rings is 7. The summed E-state index contributed by atoms with van der Waals surface area (Å²) in [4.78, 5) is 14.6. The molecule has 1 heterocycles. The molecular formula is C54H49BrO9. The van der Waals surface area contributed by atoms with Gasteiger partial charge in [0.2, 0.25) is 0 Å². The number of rotatable bonds is 20. The fourth-order valence-corrected chi connectivity index (χ4v) is 6.36. The zero-order valence-corrected chi connectivity index (χ0v) is 34.7. The molecule has 0 saturated heterocycles. The van der Waals surface area contributed by atoms with Crippen LogP contribution in [0, 0.1) is 0 Å². The molecule has 0 saturated carbocycles. The maximum atomic E-state index is 14.6. The van der Waals surface area contributed by atoms with Crippen molar-refractivity contribution >= 4 is 21.9 Å². The average molecular weight is 950 g/mol. The Morgan fingerprint density at radius 1 is 0.625 bits per heavy atom. The van der Waals surface area contributed by atoms with Crippen molar-refractivity contribution in [2.75, 3.05) is 19.8 Å². The molecule has 7 aromatic carbocycles. The molecule has 3 atom stereocenters. The van der Waals surface area contributed by atoms with Crippen LogP contribution < -0.4 is 23.7 Å². The van der Waals surface area contributed by atoms with Crippen LogP contribution in [-0.4, -0.2) is 31.9 Å². The fraction of sp³-hybridized carbons (Fsp3) is 0.204. The normalized spacial score (nSPS) is 22.4. The number of carbonyl (C=O) groups is 1. The van der Waals surface area contributed by atoms with Crippen LogP contribution in [0.2, 0.25) is 0 Å². The quantitative estimate of drug-likeness (QED) is 0.0547. The van der Waals surface area contributed by atoms with Gasteiger partial charge in [-0.05, 0) is 69.4 Å². The summed E-state index contributed by atoms with van der Waals surface area (Å²) >= 11 is 3.34. The van der Waals surface area contributed by atoms with Gasteiger partial charge in [0.1, 0.15) is 54.1 Å². The molecule has 0 spiro atoms. The molecule has 0 radical (unpaired) electrons. The van der Waals surface area contributed by atoms with Crippen LogP contribution in [0.4, 0.5) is 0 Å². The van der Waals surface area contributed by atoms with Crippen LogP contribution in [0.1, 0.15) is 101 Å². The first-order valence-electron chi connectivity index (χ1n) is 32.9. The van der Waals surface area contributed by atoms with Gasteiger partial charge in [0.05, 0.1) is 62.7 Å². The predicted octanol–water partition coefficient (Wildman–Crippen LogP) is 12.2. The number of ether oxygens (including phenoxy) is 8. The molecule has 0 fully saturated rings. The van der Waals surface area contributed by atoms with Crippen molar-refractivity contribution in [2.45, 2.75) is 51.5 Å². The van der Waals surface area contributed by atoms with Crippen LogP contribution in [0.25, 0.3) is 0 Å². The Kier molecular flexibility index (Phi) is 7.41. The molecular weight excluding hydrogens is 872 g/mol. The van der Waals surface area contributed by atoms with E-state index in [0.29, 0.717) is 0 Å². The van der Waals surface area contributed by atoms with Crippen molar-refractivity contribution in [2.24, 2.45) is 0 Å². The Morgan fingerprint density at radius 3 is 1.69 bits per heavy atom. The maximum absolute atomic E-state index is 14.6. The summed E-state index contributed by atoms with van der Waals surface area (Å²) in [6, 6.07) is -9.82. The third-order valence-electron chi connectivity index (χ3n) is 8.64. The Bertz CT molecular complexity index is 3990. The van der Waals surface area contributed by atoms with E-state index in [1.807, 2.05) is 0 Å². The van der Waals surface area contributed by atoms with Gasteiger partial charge in [0.25, 0.3) is 0 Å². The van der Waals surface area contributed by atoms with Crippen LogP contribution in [0.3, 0.4) is 0 Å². The predicted molar refractivity (Wildman–Crippen MR) is 248 cm³/mol. The van der Waals surface area contributed by atoms with Crippen LogP contribution in [-0.2, 0) is 40.4 Å². The monoisotopic (exact) mass is 948 g/mol. The number of halogens is 1. The molecule has 0 amide bonds. The minimum absolute atomic E-state index is 0.0966. The lowest BCUT2D eigenvalue weighted by atomic mass is 9.90. The molecule has 10 heteroatoms. The number of hydrogen-bond acceptors (Lipinski definition) is 9. The topological polar surface area (TPSA) is 90.9 Å². The molecule has 9 nitrogen and oxygen atoms in total. The van der Waals surface area contributed by atoms with E-state index < -0.39 is 239 Å². The van der Waals surface area contributed by atoms with Crippen LogP contribution >= 0.6 is 15.9 Å². The minimum atomic E-state index is -3.57. The maximum Gasteiger partial charge on any atom is 0.338 e. The summed E-state index contributed by atoms with van der Waals surface area (Å²) in [5.41, 5.74) is -5.37. The summed E-state index contributed by atoms with van der Waals surface area (Å²) < 4.78 is 290. The second-order valence-corrected chi connectivity index (χ2v) is 13.5. The third-order valence-corrected chi connectivity index (χ3v) is 9.40. The van der Waals surface area contributed by atoms with Crippen molar-refractivity contribution in [3.8, 4) is 28.7 Å². The molecule has 326 valence electrons. The van der Waals surface area contributed by atoms with E-state index >= 15 is 0 Å². The summed E-state index contributed by atoms with van der Waals surface area (Å²) in [5.74, 6) is -5.37. The van der Waals surface area contributed by atoms with E-state index in [2.05, 4.69) is 15.9 Å². The van der Waals surface area contributed by atoms with E-state index in [-0.39, 0.29) is 24.3 Å². The van der Waals surface area contributed by atoms with Gasteiger partial charge in [-0.15, -0.1) is 0 Å². The minimum Gasteiger partial charge on any atom is -0.488 e. The second kappa shape index (κ2) is 22.2. The Hall–Kier alpha value is -6.59. The summed E-state index contributed by atoms with van der Waals surface area (Å²) in [6.07, 6.45) is -5.96. The van der Waals surface area contributed by atoms with Gasteiger partial charge in [0, 0.05) is 18.2 Å². The lowest BCUT2D eigenvalue weighted by molar-refractivity contribution is -0.117. The smallest absolute Gasteiger partial charge is 0.338 e. The molecule has 0 bridgehead atoms. The molecule has 7 aromatic rings. The van der Waals surface area contributed by atoms with Crippen molar-refractivity contribution in [3.05, 3.63) is 219 Å². The van der Waals surface area contributed by atoms with Crippen molar-refractivity contribution in [1.29, 1.82) is 0 Å². The Balaban J connectivity index is 1.45. The van der Waals surface area contributed by atoms with E-state index in [9.17, 15) is 10.3 Å². The summed E-state index contributed by atoms with van der Waals surface area (Å²) in [6.45, 7) is -13.1. The van der Waals surface area contributed by atoms with Crippen molar-refractivity contribution in [1.82, 2.24) is 0 Å². The zero-order chi connectivity index (χ0) is 68.5.